The van der Waals surface area contributed by atoms with E-state index in [1.807, 2.05) is 30.6 Å². The Kier molecular flexibility index (Phi) is 6.23. The van der Waals surface area contributed by atoms with Gasteiger partial charge in [-0.05, 0) is 6.42 Å². The van der Waals surface area contributed by atoms with Crippen LogP contribution >= 0.6 is 11.3 Å². The van der Waals surface area contributed by atoms with E-state index in [1.54, 1.807) is 7.11 Å². The lowest BCUT2D eigenvalue weighted by Gasteiger charge is -2.00. The quantitative estimate of drug-likeness (QED) is 0.596. The van der Waals surface area contributed by atoms with Crippen LogP contribution in [0.4, 0.5) is 5.13 Å². The molecule has 0 radical (unpaired) electrons. The van der Waals surface area contributed by atoms with Crippen LogP contribution in [0.25, 0.3) is 0 Å². The van der Waals surface area contributed by atoms with Crippen LogP contribution < -0.4 is 9.88 Å². The number of aromatic nitrogens is 3. The average Bonchev–Trinajstić information content (AvgIpc) is 2.92. The molecule has 0 saturated carbocycles. The van der Waals surface area contributed by atoms with Gasteiger partial charge in [0, 0.05) is 32.1 Å². The second kappa shape index (κ2) is 8.43. The minimum Gasteiger partial charge on any atom is -0.377 e. The van der Waals surface area contributed by atoms with Gasteiger partial charge in [0.2, 0.25) is 11.0 Å². The van der Waals surface area contributed by atoms with Crippen molar-refractivity contribution in [3.05, 3.63) is 35.6 Å². The Hall–Kier alpha value is -1.86. The van der Waals surface area contributed by atoms with Crippen molar-refractivity contribution < 1.29 is 14.1 Å². The number of nitrogens with one attached hydrogen (secondary N) is 1. The van der Waals surface area contributed by atoms with Crippen LogP contribution in [0, 0.1) is 0 Å². The van der Waals surface area contributed by atoms with Gasteiger partial charge in [-0.1, -0.05) is 17.4 Å². The van der Waals surface area contributed by atoms with Crippen molar-refractivity contribution in [1.29, 1.82) is 0 Å². The van der Waals surface area contributed by atoms with Gasteiger partial charge in [0.25, 0.3) is 0 Å². The van der Waals surface area contributed by atoms with Crippen LogP contribution in [-0.2, 0) is 22.7 Å². The van der Waals surface area contributed by atoms with Gasteiger partial charge >= 0.3 is 0 Å². The Bertz CT molecular complexity index is 559. The van der Waals surface area contributed by atoms with Crippen molar-refractivity contribution in [3.8, 4) is 0 Å². The number of carbonyl (C=O) groups excluding carboxylic acids is 1. The normalized spacial score (nSPS) is 10.5. The van der Waals surface area contributed by atoms with Crippen molar-refractivity contribution in [2.75, 3.05) is 12.4 Å². The summed E-state index contributed by atoms with van der Waals surface area (Å²) in [6.45, 7) is 1.34. The summed E-state index contributed by atoms with van der Waals surface area (Å²) in [5.41, 5.74) is 0. The molecule has 2 aromatic rings. The number of nitrogens with zero attached hydrogens (tertiary/aromatic N) is 3. The molecule has 0 bridgehead atoms. The van der Waals surface area contributed by atoms with Gasteiger partial charge in [-0.3, -0.25) is 4.79 Å². The zero-order valence-electron chi connectivity index (χ0n) is 12.0. The number of ether oxygens (including phenoxy) is 1. The first-order chi connectivity index (χ1) is 10.3. The minimum absolute atomic E-state index is 0.0202. The van der Waals surface area contributed by atoms with Crippen LogP contribution in [0.1, 0.15) is 24.3 Å². The predicted molar refractivity (Wildman–Crippen MR) is 79.7 cm³/mol. The second-order valence-corrected chi connectivity index (χ2v) is 5.61. The van der Waals surface area contributed by atoms with E-state index in [0.29, 0.717) is 18.2 Å². The lowest BCUT2D eigenvalue weighted by atomic mass is 10.2. The first kappa shape index (κ1) is 15.5. The lowest BCUT2D eigenvalue weighted by molar-refractivity contribution is -0.697. The summed E-state index contributed by atoms with van der Waals surface area (Å²) in [6.07, 6.45) is 6.36. The third-order valence-corrected chi connectivity index (χ3v) is 3.64. The number of amides is 1. The Morgan fingerprint density at radius 3 is 2.86 bits per heavy atom. The highest BCUT2D eigenvalue weighted by atomic mass is 32.1. The Morgan fingerprint density at radius 2 is 2.10 bits per heavy atom. The molecule has 0 spiro atoms. The van der Waals surface area contributed by atoms with Crippen molar-refractivity contribution in [1.82, 2.24) is 10.2 Å². The molecule has 1 amide bonds. The summed E-state index contributed by atoms with van der Waals surface area (Å²) < 4.78 is 7.07. The molecule has 0 aliphatic carbocycles. The second-order valence-electron chi connectivity index (χ2n) is 4.55. The Labute approximate surface area is 127 Å². The molecule has 6 nitrogen and oxygen atoms in total. The molecule has 21 heavy (non-hydrogen) atoms. The van der Waals surface area contributed by atoms with Gasteiger partial charge in [-0.25, -0.2) is 4.57 Å². The average molecular weight is 307 g/mol. The van der Waals surface area contributed by atoms with E-state index in [-0.39, 0.29) is 5.91 Å². The molecule has 2 heterocycles. The van der Waals surface area contributed by atoms with Crippen LogP contribution in [0.2, 0.25) is 0 Å². The molecule has 0 aromatic carbocycles. The minimum atomic E-state index is -0.0202. The van der Waals surface area contributed by atoms with E-state index < -0.39 is 0 Å². The number of pyridine rings is 1. The molecule has 0 fully saturated rings. The predicted octanol–water partition coefficient (Wildman–Crippen LogP) is 1.78. The van der Waals surface area contributed by atoms with Crippen LogP contribution in [0.3, 0.4) is 0 Å². The number of hydrogen-bond acceptors (Lipinski definition) is 5. The van der Waals surface area contributed by atoms with Gasteiger partial charge in [-0.2, -0.15) is 0 Å². The maximum atomic E-state index is 11.8. The maximum Gasteiger partial charge on any atom is 0.226 e. The first-order valence-electron chi connectivity index (χ1n) is 6.83. The molecule has 1 N–H and O–H groups in total. The highest BCUT2D eigenvalue weighted by molar-refractivity contribution is 7.15. The summed E-state index contributed by atoms with van der Waals surface area (Å²) >= 11 is 1.34. The van der Waals surface area contributed by atoms with E-state index in [9.17, 15) is 4.79 Å². The van der Waals surface area contributed by atoms with Crippen molar-refractivity contribution in [2.45, 2.75) is 32.4 Å². The Balaban J connectivity index is 1.65. The lowest BCUT2D eigenvalue weighted by Crippen LogP contribution is -2.32. The fourth-order valence-electron chi connectivity index (χ4n) is 1.83. The van der Waals surface area contributed by atoms with Crippen LogP contribution in [0.5, 0.6) is 0 Å². The summed E-state index contributed by atoms with van der Waals surface area (Å²) in [4.78, 5) is 11.8. The monoisotopic (exact) mass is 307 g/mol. The Morgan fingerprint density at radius 1 is 1.29 bits per heavy atom. The van der Waals surface area contributed by atoms with Gasteiger partial charge in [0.15, 0.2) is 12.4 Å². The van der Waals surface area contributed by atoms with Crippen molar-refractivity contribution >= 4 is 22.4 Å². The number of unbranched alkanes of at least 4 members (excludes halogenated alkanes) is 1. The van der Waals surface area contributed by atoms with Crippen molar-refractivity contribution in [2.24, 2.45) is 0 Å². The highest BCUT2D eigenvalue weighted by Crippen LogP contribution is 2.16. The number of carbonyl (C=O) groups is 1. The maximum absolute atomic E-state index is 11.8. The molecule has 0 atom stereocenters. The summed E-state index contributed by atoms with van der Waals surface area (Å²) in [5.74, 6) is -0.0202. The number of hydrogen-bond donors (Lipinski definition) is 1. The van der Waals surface area contributed by atoms with Gasteiger partial charge in [0.1, 0.15) is 18.2 Å². The van der Waals surface area contributed by atoms with E-state index >= 15 is 0 Å². The topological polar surface area (TPSA) is 68.0 Å². The zero-order valence-corrected chi connectivity index (χ0v) is 12.8. The fourth-order valence-corrected chi connectivity index (χ4v) is 2.56. The van der Waals surface area contributed by atoms with Crippen molar-refractivity contribution in [3.63, 3.8) is 0 Å². The number of rotatable bonds is 8. The molecule has 0 unspecified atom stereocenters. The molecule has 112 valence electrons. The smallest absolute Gasteiger partial charge is 0.226 e. The molecule has 2 rings (SSSR count). The van der Waals surface area contributed by atoms with E-state index in [4.69, 9.17) is 4.74 Å². The number of methoxy groups -OCH3 is 1. The molecule has 0 saturated heterocycles. The highest BCUT2D eigenvalue weighted by Gasteiger charge is 2.08. The summed E-state index contributed by atoms with van der Waals surface area (Å²) in [7, 11) is 1.60. The first-order valence-corrected chi connectivity index (χ1v) is 7.65. The summed E-state index contributed by atoms with van der Waals surface area (Å²) in [5, 5.41) is 11.9. The number of anilines is 1. The van der Waals surface area contributed by atoms with E-state index in [0.717, 1.165) is 24.4 Å². The largest absolute Gasteiger partial charge is 0.377 e. The van der Waals surface area contributed by atoms with Gasteiger partial charge in [0.05, 0.1) is 0 Å². The number of aryl methyl sites for hydroxylation is 1. The van der Waals surface area contributed by atoms with Crippen LogP contribution in [0.15, 0.2) is 30.6 Å². The third-order valence-electron chi connectivity index (χ3n) is 2.83. The molecule has 0 aliphatic rings. The molecular formula is C14H19N4O2S+. The fraction of sp³-hybridized carbons (Fsp3) is 0.429. The zero-order chi connectivity index (χ0) is 14.9. The molecule has 7 heteroatoms. The molecule has 2 aromatic heterocycles. The van der Waals surface area contributed by atoms with Gasteiger partial charge in [-0.15, -0.1) is 10.2 Å². The molecular weight excluding hydrogens is 288 g/mol. The van der Waals surface area contributed by atoms with E-state index in [1.165, 1.54) is 11.3 Å². The van der Waals surface area contributed by atoms with E-state index in [2.05, 4.69) is 20.1 Å². The third kappa shape index (κ3) is 5.57. The SMILES string of the molecule is COCc1nnc(NC(=O)CCCC[n+]2ccccc2)s1. The van der Waals surface area contributed by atoms with Gasteiger partial charge < -0.3 is 10.1 Å². The molecule has 0 aliphatic heterocycles. The standard InChI is InChI=1S/C14H18N4O2S/c1-20-11-13-16-17-14(21-13)15-12(19)7-3-6-10-18-8-4-2-5-9-18/h2,4-5,8-9H,3,6-7,10-11H2,1H3/p+1. The summed E-state index contributed by atoms with van der Waals surface area (Å²) in [6, 6.07) is 5.99. The van der Waals surface area contributed by atoms with Crippen LogP contribution in [-0.4, -0.2) is 23.2 Å².